The van der Waals surface area contributed by atoms with E-state index in [9.17, 15) is 4.79 Å². The van der Waals surface area contributed by atoms with Gasteiger partial charge in [-0.3, -0.25) is 15.1 Å². The fourth-order valence-electron chi connectivity index (χ4n) is 4.34. The average molecular weight is 292 g/mol. The van der Waals surface area contributed by atoms with Gasteiger partial charge in [0.25, 0.3) is 0 Å². The zero-order chi connectivity index (χ0) is 15.0. The third-order valence-electron chi connectivity index (χ3n) is 5.72. The van der Waals surface area contributed by atoms with Crippen molar-refractivity contribution in [3.8, 4) is 0 Å². The van der Waals surface area contributed by atoms with E-state index in [1.54, 1.807) is 6.92 Å². The summed E-state index contributed by atoms with van der Waals surface area (Å²) in [6.45, 7) is 9.93. The van der Waals surface area contributed by atoms with Gasteiger partial charge in [-0.25, -0.2) is 0 Å². The van der Waals surface area contributed by atoms with E-state index in [-0.39, 0.29) is 5.91 Å². The van der Waals surface area contributed by atoms with Gasteiger partial charge in [-0.2, -0.15) is 0 Å². The first-order valence-corrected chi connectivity index (χ1v) is 8.35. The van der Waals surface area contributed by atoms with Gasteiger partial charge in [0.2, 0.25) is 5.91 Å². The van der Waals surface area contributed by atoms with Gasteiger partial charge in [0.05, 0.1) is 5.84 Å². The number of likely N-dealkylation sites (tertiary alicyclic amines) is 1. The van der Waals surface area contributed by atoms with Crippen LogP contribution >= 0.6 is 0 Å². The fourth-order valence-corrected chi connectivity index (χ4v) is 4.34. The van der Waals surface area contributed by atoms with Crippen LogP contribution in [0.15, 0.2) is 0 Å². The molecular formula is C16H28N4O. The molecule has 0 aromatic rings. The number of carbonyl (C=O) groups is 1. The first-order chi connectivity index (χ1) is 10.0. The molecule has 3 aliphatic rings. The lowest BCUT2D eigenvalue weighted by Crippen LogP contribution is -2.57. The van der Waals surface area contributed by atoms with Crippen molar-refractivity contribution >= 4 is 11.7 Å². The number of amidine groups is 1. The lowest BCUT2D eigenvalue weighted by Gasteiger charge is -2.48. The quantitative estimate of drug-likeness (QED) is 0.618. The van der Waals surface area contributed by atoms with Gasteiger partial charge in [-0.05, 0) is 19.3 Å². The highest BCUT2D eigenvalue weighted by molar-refractivity contribution is 5.78. The van der Waals surface area contributed by atoms with Gasteiger partial charge in [0.1, 0.15) is 0 Å². The number of rotatable bonds is 2. The molecule has 1 aliphatic carbocycles. The summed E-state index contributed by atoms with van der Waals surface area (Å²) in [6, 6.07) is 0.706. The van der Waals surface area contributed by atoms with E-state index in [1.165, 1.54) is 19.3 Å². The molecule has 1 spiro atoms. The molecule has 0 aromatic carbocycles. The average Bonchev–Trinajstić information content (AvgIpc) is 2.90. The second-order valence-corrected chi connectivity index (χ2v) is 7.09. The highest BCUT2D eigenvalue weighted by Gasteiger charge is 2.50. The number of hydrogen-bond donors (Lipinski definition) is 1. The molecule has 21 heavy (non-hydrogen) atoms. The molecule has 1 amide bonds. The summed E-state index contributed by atoms with van der Waals surface area (Å²) in [7, 11) is 0. The molecule has 0 unspecified atom stereocenters. The zero-order valence-corrected chi connectivity index (χ0v) is 13.4. The Morgan fingerprint density at radius 1 is 1.19 bits per heavy atom. The molecule has 0 radical (unpaired) electrons. The van der Waals surface area contributed by atoms with Crippen LogP contribution in [0.2, 0.25) is 0 Å². The van der Waals surface area contributed by atoms with Crippen LogP contribution in [0.4, 0.5) is 0 Å². The van der Waals surface area contributed by atoms with E-state index in [4.69, 9.17) is 5.41 Å². The Morgan fingerprint density at radius 2 is 1.86 bits per heavy atom. The van der Waals surface area contributed by atoms with E-state index in [0.717, 1.165) is 51.5 Å². The Balaban J connectivity index is 1.48. The predicted octanol–water partition coefficient (Wildman–Crippen LogP) is 1.39. The second kappa shape index (κ2) is 5.59. The summed E-state index contributed by atoms with van der Waals surface area (Å²) >= 11 is 0. The van der Waals surface area contributed by atoms with Crippen LogP contribution in [0.3, 0.4) is 0 Å². The van der Waals surface area contributed by atoms with Crippen molar-refractivity contribution in [1.29, 1.82) is 5.41 Å². The molecule has 1 N–H and O–H groups in total. The van der Waals surface area contributed by atoms with Crippen LogP contribution in [0, 0.1) is 10.8 Å². The lowest BCUT2D eigenvalue weighted by atomic mass is 9.78. The largest absolute Gasteiger partial charge is 0.358 e. The number of nitrogens with zero attached hydrogens (tertiary/aromatic N) is 3. The number of nitrogens with one attached hydrogen (secondary N) is 1. The first-order valence-electron chi connectivity index (χ1n) is 8.35. The van der Waals surface area contributed by atoms with Crippen LogP contribution in [-0.4, -0.2) is 71.8 Å². The number of piperazine rings is 1. The summed E-state index contributed by atoms with van der Waals surface area (Å²) in [4.78, 5) is 18.2. The monoisotopic (exact) mass is 292 g/mol. The smallest absolute Gasteiger partial charge is 0.219 e. The fraction of sp³-hybridized carbons (Fsp3) is 0.875. The second-order valence-electron chi connectivity index (χ2n) is 7.09. The molecular weight excluding hydrogens is 264 g/mol. The Morgan fingerprint density at radius 3 is 2.43 bits per heavy atom. The number of hydrogen-bond acceptors (Lipinski definition) is 3. The van der Waals surface area contributed by atoms with Gasteiger partial charge < -0.3 is 9.80 Å². The highest BCUT2D eigenvalue weighted by atomic mass is 16.2. The van der Waals surface area contributed by atoms with E-state index in [2.05, 4.69) is 16.7 Å². The summed E-state index contributed by atoms with van der Waals surface area (Å²) < 4.78 is 0. The summed E-state index contributed by atoms with van der Waals surface area (Å²) in [6.07, 6.45) is 4.68. The predicted molar refractivity (Wildman–Crippen MR) is 83.5 cm³/mol. The summed E-state index contributed by atoms with van der Waals surface area (Å²) in [5.74, 6) is 1.02. The standard InChI is InChI=1S/C16H28N4O/c1-3-15(17)19-8-6-18(7-9-19)14-4-5-16(10-14)11-20(12-16)13(2)21/h14,17H,3-12H2,1-2H3/t14-/m1/s1. The van der Waals surface area contributed by atoms with Crippen molar-refractivity contribution in [2.75, 3.05) is 39.3 Å². The maximum atomic E-state index is 11.4. The highest BCUT2D eigenvalue weighted by Crippen LogP contribution is 2.47. The minimum Gasteiger partial charge on any atom is -0.358 e. The van der Waals surface area contributed by atoms with Crippen molar-refractivity contribution in [3.05, 3.63) is 0 Å². The molecule has 5 nitrogen and oxygen atoms in total. The van der Waals surface area contributed by atoms with Crippen LogP contribution in [0.25, 0.3) is 0 Å². The Bertz CT molecular complexity index is 422. The SMILES string of the molecule is CCC(=N)N1CCN([C@@H]2CCC3(C2)CN(C(C)=O)C3)CC1. The van der Waals surface area contributed by atoms with E-state index in [1.807, 2.05) is 4.90 Å². The Kier molecular flexibility index (Phi) is 3.95. The molecule has 0 aromatic heterocycles. The van der Waals surface area contributed by atoms with E-state index in [0.29, 0.717) is 11.5 Å². The van der Waals surface area contributed by atoms with Gasteiger partial charge >= 0.3 is 0 Å². The molecule has 1 atom stereocenters. The van der Waals surface area contributed by atoms with Crippen LogP contribution in [-0.2, 0) is 4.79 Å². The number of amides is 1. The topological polar surface area (TPSA) is 50.6 Å². The van der Waals surface area contributed by atoms with E-state index >= 15 is 0 Å². The maximum Gasteiger partial charge on any atom is 0.219 e. The van der Waals surface area contributed by atoms with Crippen molar-refractivity contribution in [2.45, 2.75) is 45.6 Å². The molecule has 5 heteroatoms. The lowest BCUT2D eigenvalue weighted by molar-refractivity contribution is -0.140. The summed E-state index contributed by atoms with van der Waals surface area (Å²) in [5.41, 5.74) is 0.434. The van der Waals surface area contributed by atoms with Crippen molar-refractivity contribution < 1.29 is 4.79 Å². The van der Waals surface area contributed by atoms with Crippen molar-refractivity contribution in [3.63, 3.8) is 0 Å². The van der Waals surface area contributed by atoms with Gasteiger partial charge in [-0.1, -0.05) is 6.92 Å². The minimum absolute atomic E-state index is 0.232. The Hall–Kier alpha value is -1.10. The molecule has 3 fully saturated rings. The molecule has 2 saturated heterocycles. The molecule has 3 rings (SSSR count). The molecule has 118 valence electrons. The molecule has 2 heterocycles. The van der Waals surface area contributed by atoms with Gasteiger partial charge in [-0.15, -0.1) is 0 Å². The van der Waals surface area contributed by atoms with Crippen molar-refractivity contribution in [1.82, 2.24) is 14.7 Å². The van der Waals surface area contributed by atoms with Crippen LogP contribution in [0.5, 0.6) is 0 Å². The molecule has 0 bridgehead atoms. The normalized spacial score (nSPS) is 28.8. The third kappa shape index (κ3) is 2.80. The first kappa shape index (κ1) is 14.8. The maximum absolute atomic E-state index is 11.4. The Labute approximate surface area is 127 Å². The van der Waals surface area contributed by atoms with E-state index < -0.39 is 0 Å². The van der Waals surface area contributed by atoms with Gasteiger partial charge in [0, 0.05) is 64.1 Å². The van der Waals surface area contributed by atoms with Crippen molar-refractivity contribution in [2.24, 2.45) is 5.41 Å². The van der Waals surface area contributed by atoms with Gasteiger partial charge in [0.15, 0.2) is 0 Å². The van der Waals surface area contributed by atoms with Crippen LogP contribution in [0.1, 0.15) is 39.5 Å². The summed E-state index contributed by atoms with van der Waals surface area (Å²) in [5, 5.41) is 7.94. The molecule has 1 saturated carbocycles. The zero-order valence-electron chi connectivity index (χ0n) is 13.4. The minimum atomic E-state index is 0.232. The third-order valence-corrected chi connectivity index (χ3v) is 5.72. The molecule has 2 aliphatic heterocycles. The van der Waals surface area contributed by atoms with Crippen LogP contribution < -0.4 is 0 Å². The number of carbonyl (C=O) groups excluding carboxylic acids is 1.